The fourth-order valence-electron chi connectivity index (χ4n) is 2.74. The van der Waals surface area contributed by atoms with Crippen LogP contribution < -0.4 is 15.0 Å². The van der Waals surface area contributed by atoms with Gasteiger partial charge in [0.05, 0.1) is 19.1 Å². The van der Waals surface area contributed by atoms with Gasteiger partial charge < -0.3 is 19.6 Å². The molecule has 0 aliphatic rings. The summed E-state index contributed by atoms with van der Waals surface area (Å²) in [6, 6.07) is 5.53. The molecule has 0 saturated heterocycles. The highest BCUT2D eigenvalue weighted by Crippen LogP contribution is 2.29. The highest BCUT2D eigenvalue weighted by molar-refractivity contribution is 7.20. The fourth-order valence-corrected chi connectivity index (χ4v) is 3.77. The molecule has 28 heavy (non-hydrogen) atoms. The van der Waals surface area contributed by atoms with E-state index in [2.05, 4.69) is 9.97 Å². The van der Waals surface area contributed by atoms with Crippen molar-refractivity contribution in [1.29, 1.82) is 0 Å². The van der Waals surface area contributed by atoms with Crippen LogP contribution in [0.4, 0.5) is 0 Å². The standard InChI is InChI=1S/C20H20N2O5S/c1-4-9-27-13-7-5-12(10-14(13)26-3)6-8-15-21-18(23)16-11(2)17(20(24)25)28-19(16)22-15/h5-8,10H,4,9H2,1-3H3,(H,24,25)(H,21,22,23)/b8-6+. The van der Waals surface area contributed by atoms with Gasteiger partial charge in [-0.25, -0.2) is 9.78 Å². The molecule has 1 aromatic carbocycles. The van der Waals surface area contributed by atoms with Crippen LogP contribution in [0.1, 0.15) is 40.0 Å². The van der Waals surface area contributed by atoms with Crippen molar-refractivity contribution in [2.24, 2.45) is 0 Å². The van der Waals surface area contributed by atoms with Crippen molar-refractivity contribution >= 4 is 39.7 Å². The molecule has 0 atom stereocenters. The Kier molecular flexibility index (Phi) is 5.79. The number of aromatic nitrogens is 2. The quantitative estimate of drug-likeness (QED) is 0.622. The molecule has 0 spiro atoms. The number of hydrogen-bond donors (Lipinski definition) is 2. The Labute approximate surface area is 165 Å². The molecule has 7 nitrogen and oxygen atoms in total. The summed E-state index contributed by atoms with van der Waals surface area (Å²) in [7, 11) is 1.58. The minimum atomic E-state index is -1.06. The van der Waals surface area contributed by atoms with Gasteiger partial charge in [0.2, 0.25) is 0 Å². The molecule has 0 bridgehead atoms. The van der Waals surface area contributed by atoms with Crippen molar-refractivity contribution in [3.8, 4) is 11.5 Å². The third-order valence-corrected chi connectivity index (χ3v) is 5.27. The first-order valence-electron chi connectivity index (χ1n) is 8.70. The Hall–Kier alpha value is -3.13. The number of fused-ring (bicyclic) bond motifs is 1. The number of nitrogens with one attached hydrogen (secondary N) is 1. The molecular weight excluding hydrogens is 380 g/mol. The van der Waals surface area contributed by atoms with E-state index in [0.717, 1.165) is 23.3 Å². The van der Waals surface area contributed by atoms with Crippen LogP contribution in [0.25, 0.3) is 22.4 Å². The Balaban J connectivity index is 1.93. The lowest BCUT2D eigenvalue weighted by molar-refractivity contribution is 0.0701. The molecule has 2 heterocycles. The van der Waals surface area contributed by atoms with Gasteiger partial charge in [-0.1, -0.05) is 19.1 Å². The number of hydrogen-bond acceptors (Lipinski definition) is 6. The fraction of sp³-hybridized carbons (Fsp3) is 0.250. The summed E-state index contributed by atoms with van der Waals surface area (Å²) >= 11 is 0.997. The zero-order valence-corrected chi connectivity index (χ0v) is 16.6. The molecule has 0 aliphatic carbocycles. The predicted octanol–water partition coefficient (Wildman–Crippen LogP) is 3.96. The smallest absolute Gasteiger partial charge is 0.346 e. The van der Waals surface area contributed by atoms with Crippen molar-refractivity contribution in [2.75, 3.05) is 13.7 Å². The maximum absolute atomic E-state index is 12.4. The van der Waals surface area contributed by atoms with Crippen LogP contribution in [0.2, 0.25) is 0 Å². The Morgan fingerprint density at radius 2 is 2.11 bits per heavy atom. The van der Waals surface area contributed by atoms with Gasteiger partial charge in [-0.15, -0.1) is 11.3 Å². The van der Waals surface area contributed by atoms with E-state index in [4.69, 9.17) is 9.47 Å². The first-order valence-corrected chi connectivity index (χ1v) is 9.51. The highest BCUT2D eigenvalue weighted by atomic mass is 32.1. The first kappa shape index (κ1) is 19.6. The van der Waals surface area contributed by atoms with Gasteiger partial charge in [-0.2, -0.15) is 0 Å². The van der Waals surface area contributed by atoms with E-state index in [-0.39, 0.29) is 10.4 Å². The Morgan fingerprint density at radius 3 is 2.79 bits per heavy atom. The monoisotopic (exact) mass is 400 g/mol. The average molecular weight is 400 g/mol. The van der Waals surface area contributed by atoms with Crippen LogP contribution in [-0.2, 0) is 0 Å². The van der Waals surface area contributed by atoms with Crippen molar-refractivity contribution < 1.29 is 19.4 Å². The molecule has 3 aromatic rings. The summed E-state index contributed by atoms with van der Waals surface area (Å²) in [6.07, 6.45) is 4.35. The molecule has 0 radical (unpaired) electrons. The maximum atomic E-state index is 12.4. The van der Waals surface area contributed by atoms with Crippen LogP contribution in [0.3, 0.4) is 0 Å². The second-order valence-corrected chi connectivity index (χ2v) is 7.08. The van der Waals surface area contributed by atoms with Crippen LogP contribution in [0.5, 0.6) is 11.5 Å². The van der Waals surface area contributed by atoms with Crippen molar-refractivity contribution in [1.82, 2.24) is 9.97 Å². The van der Waals surface area contributed by atoms with Gasteiger partial charge >= 0.3 is 5.97 Å². The molecule has 0 saturated carbocycles. The number of aromatic carboxylic acids is 1. The zero-order chi connectivity index (χ0) is 20.3. The summed E-state index contributed by atoms with van der Waals surface area (Å²) in [5, 5.41) is 9.56. The largest absolute Gasteiger partial charge is 0.493 e. The number of rotatable bonds is 7. The zero-order valence-electron chi connectivity index (χ0n) is 15.7. The van der Waals surface area contributed by atoms with Gasteiger partial charge in [0.15, 0.2) is 11.5 Å². The number of aromatic amines is 1. The van der Waals surface area contributed by atoms with Crippen molar-refractivity contribution in [3.05, 3.63) is 50.4 Å². The Bertz CT molecular complexity index is 1110. The second kappa shape index (κ2) is 8.26. The van der Waals surface area contributed by atoms with Crippen LogP contribution >= 0.6 is 11.3 Å². The molecule has 146 valence electrons. The van der Waals surface area contributed by atoms with Crippen molar-refractivity contribution in [2.45, 2.75) is 20.3 Å². The lowest BCUT2D eigenvalue weighted by atomic mass is 10.2. The maximum Gasteiger partial charge on any atom is 0.346 e. The SMILES string of the molecule is CCCOc1ccc(/C=C/c2nc3sc(C(=O)O)c(C)c3c(=O)[nH]2)cc1OC. The van der Waals surface area contributed by atoms with Crippen LogP contribution in [-0.4, -0.2) is 34.8 Å². The molecule has 3 rings (SSSR count). The average Bonchev–Trinajstić information content (AvgIpc) is 3.02. The van der Waals surface area contributed by atoms with E-state index < -0.39 is 5.97 Å². The summed E-state index contributed by atoms with van der Waals surface area (Å²) in [4.78, 5) is 31.2. The molecule has 2 aromatic heterocycles. The number of carbonyl (C=O) groups is 1. The topological polar surface area (TPSA) is 102 Å². The number of H-pyrrole nitrogens is 1. The van der Waals surface area contributed by atoms with Gasteiger partial charge in [-0.3, -0.25) is 4.79 Å². The predicted molar refractivity (Wildman–Crippen MR) is 110 cm³/mol. The summed E-state index contributed by atoms with van der Waals surface area (Å²) < 4.78 is 11.0. The lowest BCUT2D eigenvalue weighted by Gasteiger charge is -2.10. The molecule has 0 unspecified atom stereocenters. The number of ether oxygens (including phenoxy) is 2. The van der Waals surface area contributed by atoms with E-state index >= 15 is 0 Å². The third-order valence-electron chi connectivity index (χ3n) is 4.10. The minimum Gasteiger partial charge on any atom is -0.493 e. The summed E-state index contributed by atoms with van der Waals surface area (Å²) in [5.74, 6) is 0.577. The second-order valence-electron chi connectivity index (χ2n) is 6.08. The lowest BCUT2D eigenvalue weighted by Crippen LogP contribution is -2.09. The first-order chi connectivity index (χ1) is 13.4. The van der Waals surface area contributed by atoms with Crippen LogP contribution in [0, 0.1) is 6.92 Å². The summed E-state index contributed by atoms with van der Waals surface area (Å²) in [6.45, 7) is 4.25. The van der Waals surface area contributed by atoms with E-state index in [1.165, 1.54) is 0 Å². The normalized spacial score (nSPS) is 11.2. The Morgan fingerprint density at radius 1 is 1.32 bits per heavy atom. The van der Waals surface area contributed by atoms with Gasteiger partial charge in [0.25, 0.3) is 5.56 Å². The minimum absolute atomic E-state index is 0.126. The van der Waals surface area contributed by atoms with E-state index in [1.807, 2.05) is 25.1 Å². The van der Waals surface area contributed by atoms with Gasteiger partial charge in [-0.05, 0) is 42.7 Å². The summed E-state index contributed by atoms with van der Waals surface area (Å²) in [5.41, 5.74) is 0.924. The number of nitrogens with zero attached hydrogens (tertiary/aromatic N) is 1. The molecule has 8 heteroatoms. The molecule has 0 fully saturated rings. The molecule has 0 aliphatic heterocycles. The van der Waals surface area contributed by atoms with E-state index in [1.54, 1.807) is 26.2 Å². The molecule has 0 amide bonds. The van der Waals surface area contributed by atoms with Crippen molar-refractivity contribution in [3.63, 3.8) is 0 Å². The number of thiophene rings is 1. The number of benzene rings is 1. The van der Waals surface area contributed by atoms with Gasteiger partial charge in [0, 0.05) is 0 Å². The molecule has 2 N–H and O–H groups in total. The highest BCUT2D eigenvalue weighted by Gasteiger charge is 2.18. The van der Waals surface area contributed by atoms with E-state index in [9.17, 15) is 14.7 Å². The number of carboxylic acids is 1. The number of aryl methyl sites for hydroxylation is 1. The van der Waals surface area contributed by atoms with Gasteiger partial charge in [0.1, 0.15) is 15.5 Å². The third kappa shape index (κ3) is 3.91. The van der Waals surface area contributed by atoms with Crippen LogP contribution in [0.15, 0.2) is 23.0 Å². The molecular formula is C20H20N2O5S. The van der Waals surface area contributed by atoms with E-state index in [0.29, 0.717) is 39.7 Å². The number of methoxy groups -OCH3 is 1. The number of carboxylic acid groups (broad SMARTS) is 1.